The van der Waals surface area contributed by atoms with E-state index >= 15 is 0 Å². The molecule has 0 spiro atoms. The molecular weight excluding hydrogens is 222 g/mol. The van der Waals surface area contributed by atoms with Crippen LogP contribution >= 0.6 is 12.2 Å². The van der Waals surface area contributed by atoms with E-state index in [-0.39, 0.29) is 0 Å². The second-order valence-electron chi connectivity index (χ2n) is 3.50. The van der Waals surface area contributed by atoms with E-state index in [0.717, 1.165) is 5.56 Å². The summed E-state index contributed by atoms with van der Waals surface area (Å²) in [5.74, 6) is -0.875. The van der Waals surface area contributed by atoms with Gasteiger partial charge in [0.15, 0.2) is 0 Å². The Hall–Kier alpha value is -1.42. The molecule has 0 aromatic heterocycles. The maximum atomic E-state index is 11.0. The van der Waals surface area contributed by atoms with E-state index in [0.29, 0.717) is 17.8 Å². The number of benzene rings is 1. The Morgan fingerprint density at radius 1 is 1.44 bits per heavy atom. The number of hydrogen-bond donors (Lipinski definition) is 2. The number of aliphatic carboxylic acids is 1. The van der Waals surface area contributed by atoms with Gasteiger partial charge in [-0.3, -0.25) is 0 Å². The van der Waals surface area contributed by atoms with Gasteiger partial charge in [0.1, 0.15) is 6.04 Å². The summed E-state index contributed by atoms with van der Waals surface area (Å²) in [5.41, 5.74) is 0.987. The third-order valence-electron chi connectivity index (χ3n) is 2.24. The fourth-order valence-corrected chi connectivity index (χ4v) is 1.49. The lowest BCUT2D eigenvalue weighted by Crippen LogP contribution is -2.41. The van der Waals surface area contributed by atoms with Crippen molar-refractivity contribution in [2.24, 2.45) is 0 Å². The van der Waals surface area contributed by atoms with Crippen LogP contribution in [0, 0.1) is 0 Å². The van der Waals surface area contributed by atoms with Gasteiger partial charge in [-0.05, 0) is 12.0 Å². The van der Waals surface area contributed by atoms with Crippen LogP contribution in [0.25, 0.3) is 0 Å². The molecule has 4 heteroatoms. The van der Waals surface area contributed by atoms with Crippen LogP contribution in [-0.4, -0.2) is 22.1 Å². The van der Waals surface area contributed by atoms with Crippen LogP contribution < -0.4 is 5.32 Å². The van der Waals surface area contributed by atoms with Crippen molar-refractivity contribution in [3.05, 3.63) is 35.9 Å². The molecule has 0 aliphatic carbocycles. The molecule has 0 aliphatic rings. The summed E-state index contributed by atoms with van der Waals surface area (Å²) in [6, 6.07) is 8.87. The molecule has 0 aliphatic heterocycles. The van der Waals surface area contributed by atoms with Gasteiger partial charge in [-0.15, -0.1) is 0 Å². The molecule has 1 aromatic rings. The fourth-order valence-electron chi connectivity index (χ4n) is 1.35. The standard InChI is InChI=1S/C12H15NO2S/c1-2-11(16)13-10(12(14)15)8-9-6-4-3-5-7-9/h3-7,10H,2,8H2,1H3,(H,13,16)(H,14,15)/t10-/m0/s1. The predicted molar refractivity (Wildman–Crippen MR) is 67.6 cm³/mol. The second kappa shape index (κ2) is 6.23. The summed E-state index contributed by atoms with van der Waals surface area (Å²) in [5, 5.41) is 11.9. The van der Waals surface area contributed by atoms with Crippen LogP contribution in [0.2, 0.25) is 0 Å². The number of carboxylic acids is 1. The van der Waals surface area contributed by atoms with E-state index in [1.807, 2.05) is 37.3 Å². The van der Waals surface area contributed by atoms with Crippen LogP contribution in [0.3, 0.4) is 0 Å². The Morgan fingerprint density at radius 3 is 2.56 bits per heavy atom. The number of carboxylic acid groups (broad SMARTS) is 1. The first-order valence-electron chi connectivity index (χ1n) is 5.19. The highest BCUT2D eigenvalue weighted by Crippen LogP contribution is 2.04. The van der Waals surface area contributed by atoms with Crippen LogP contribution in [0.1, 0.15) is 18.9 Å². The molecule has 0 saturated carbocycles. The maximum Gasteiger partial charge on any atom is 0.326 e. The molecule has 3 nitrogen and oxygen atoms in total. The third-order valence-corrected chi connectivity index (χ3v) is 2.64. The molecule has 0 fully saturated rings. The summed E-state index contributed by atoms with van der Waals surface area (Å²) >= 11 is 4.99. The summed E-state index contributed by atoms with van der Waals surface area (Å²) in [4.78, 5) is 11.6. The topological polar surface area (TPSA) is 49.3 Å². The van der Waals surface area contributed by atoms with Gasteiger partial charge >= 0.3 is 5.97 Å². The molecule has 1 atom stereocenters. The van der Waals surface area contributed by atoms with Gasteiger partial charge in [0.2, 0.25) is 0 Å². The van der Waals surface area contributed by atoms with Crippen molar-refractivity contribution in [2.75, 3.05) is 0 Å². The Morgan fingerprint density at radius 2 is 2.06 bits per heavy atom. The molecule has 0 amide bonds. The number of nitrogens with one attached hydrogen (secondary N) is 1. The highest BCUT2D eigenvalue weighted by molar-refractivity contribution is 7.80. The van der Waals surface area contributed by atoms with E-state index in [9.17, 15) is 4.79 Å². The molecule has 0 bridgehead atoms. The van der Waals surface area contributed by atoms with Crippen LogP contribution in [0.4, 0.5) is 0 Å². The summed E-state index contributed by atoms with van der Waals surface area (Å²) in [6.07, 6.45) is 1.10. The van der Waals surface area contributed by atoms with Gasteiger partial charge < -0.3 is 10.4 Å². The Kier molecular flexibility index (Phi) is 4.92. The lowest BCUT2D eigenvalue weighted by molar-refractivity contribution is -0.139. The monoisotopic (exact) mass is 237 g/mol. The van der Waals surface area contributed by atoms with Crippen molar-refractivity contribution < 1.29 is 9.90 Å². The number of hydrogen-bond acceptors (Lipinski definition) is 2. The second-order valence-corrected chi connectivity index (χ2v) is 3.99. The summed E-state index contributed by atoms with van der Waals surface area (Å²) in [7, 11) is 0. The smallest absolute Gasteiger partial charge is 0.326 e. The zero-order valence-electron chi connectivity index (χ0n) is 9.14. The van der Waals surface area contributed by atoms with Gasteiger partial charge in [-0.2, -0.15) is 0 Å². The summed E-state index contributed by atoms with van der Waals surface area (Å²) in [6.45, 7) is 1.90. The maximum absolute atomic E-state index is 11.0. The Balaban J connectivity index is 2.65. The first-order valence-corrected chi connectivity index (χ1v) is 5.60. The highest BCUT2D eigenvalue weighted by Gasteiger charge is 2.17. The minimum atomic E-state index is -0.875. The molecular formula is C12H15NO2S. The van der Waals surface area contributed by atoms with Crippen molar-refractivity contribution in [1.82, 2.24) is 5.32 Å². The van der Waals surface area contributed by atoms with Crippen molar-refractivity contribution >= 4 is 23.2 Å². The van der Waals surface area contributed by atoms with Gasteiger partial charge in [0.25, 0.3) is 0 Å². The Labute approximate surface area is 100 Å². The molecule has 0 radical (unpaired) electrons. The minimum absolute atomic E-state index is 0.441. The zero-order valence-corrected chi connectivity index (χ0v) is 9.96. The van der Waals surface area contributed by atoms with Crippen LogP contribution in [0.5, 0.6) is 0 Å². The SMILES string of the molecule is CCC(=S)N[C@@H](Cc1ccccc1)C(=O)O. The van der Waals surface area contributed by atoms with E-state index in [4.69, 9.17) is 17.3 Å². The average molecular weight is 237 g/mol. The number of thiocarbonyl (C=S) groups is 1. The molecule has 1 aromatic carbocycles. The Bertz CT molecular complexity index is 365. The first kappa shape index (κ1) is 12.6. The lowest BCUT2D eigenvalue weighted by Gasteiger charge is -2.15. The molecule has 86 valence electrons. The van der Waals surface area contributed by atoms with E-state index < -0.39 is 12.0 Å². The van der Waals surface area contributed by atoms with Gasteiger partial charge in [0, 0.05) is 6.42 Å². The number of rotatable bonds is 5. The largest absolute Gasteiger partial charge is 0.480 e. The van der Waals surface area contributed by atoms with Crippen molar-refractivity contribution in [1.29, 1.82) is 0 Å². The molecule has 2 N–H and O–H groups in total. The minimum Gasteiger partial charge on any atom is -0.480 e. The molecule has 0 heterocycles. The van der Waals surface area contributed by atoms with E-state index in [2.05, 4.69) is 5.32 Å². The molecule has 0 unspecified atom stereocenters. The highest BCUT2D eigenvalue weighted by atomic mass is 32.1. The predicted octanol–water partition coefficient (Wildman–Crippen LogP) is 2.01. The zero-order chi connectivity index (χ0) is 12.0. The van der Waals surface area contributed by atoms with Crippen molar-refractivity contribution in [3.8, 4) is 0 Å². The normalized spacial score (nSPS) is 11.8. The quantitative estimate of drug-likeness (QED) is 0.769. The first-order chi connectivity index (χ1) is 7.63. The molecule has 1 rings (SSSR count). The lowest BCUT2D eigenvalue weighted by atomic mass is 10.1. The molecule has 0 saturated heterocycles. The van der Waals surface area contributed by atoms with Crippen LogP contribution in [0.15, 0.2) is 30.3 Å². The van der Waals surface area contributed by atoms with Gasteiger partial charge in [-0.25, -0.2) is 4.79 Å². The van der Waals surface area contributed by atoms with Crippen LogP contribution in [-0.2, 0) is 11.2 Å². The van der Waals surface area contributed by atoms with E-state index in [1.165, 1.54) is 0 Å². The summed E-state index contributed by atoms with van der Waals surface area (Å²) < 4.78 is 0. The van der Waals surface area contributed by atoms with Gasteiger partial charge in [-0.1, -0.05) is 49.5 Å². The van der Waals surface area contributed by atoms with Crippen molar-refractivity contribution in [2.45, 2.75) is 25.8 Å². The number of carbonyl (C=O) groups is 1. The third kappa shape index (κ3) is 3.98. The fraction of sp³-hybridized carbons (Fsp3) is 0.333. The molecule has 16 heavy (non-hydrogen) atoms. The van der Waals surface area contributed by atoms with Gasteiger partial charge in [0.05, 0.1) is 4.99 Å². The van der Waals surface area contributed by atoms with E-state index in [1.54, 1.807) is 0 Å². The van der Waals surface area contributed by atoms with Crippen molar-refractivity contribution in [3.63, 3.8) is 0 Å². The average Bonchev–Trinajstić information content (AvgIpc) is 2.29.